The Bertz CT molecular complexity index is 518. The fourth-order valence-corrected chi connectivity index (χ4v) is 1.72. The van der Waals surface area contributed by atoms with Gasteiger partial charge in [0.2, 0.25) is 5.91 Å². The maximum atomic E-state index is 11.7. The van der Waals surface area contributed by atoms with Crippen molar-refractivity contribution in [3.63, 3.8) is 0 Å². The van der Waals surface area contributed by atoms with Crippen LogP contribution in [0.3, 0.4) is 0 Å². The number of carbonyl (C=O) groups is 2. The second-order valence-electron chi connectivity index (χ2n) is 4.58. The fourth-order valence-electron chi connectivity index (χ4n) is 1.72. The second-order valence-corrected chi connectivity index (χ2v) is 4.58. The summed E-state index contributed by atoms with van der Waals surface area (Å²) < 4.78 is 0. The van der Waals surface area contributed by atoms with E-state index in [1.165, 1.54) is 6.07 Å². The van der Waals surface area contributed by atoms with Crippen molar-refractivity contribution >= 4 is 17.9 Å². The minimum atomic E-state index is -0.110. The van der Waals surface area contributed by atoms with Gasteiger partial charge in [0, 0.05) is 18.7 Å². The van der Waals surface area contributed by atoms with Crippen molar-refractivity contribution in [2.75, 3.05) is 18.5 Å². The number of aldehydes is 1. The number of likely N-dealkylation sites (N-methyl/N-ethyl adjacent to an activating group) is 1. The van der Waals surface area contributed by atoms with Gasteiger partial charge in [-0.15, -0.1) is 0 Å². The van der Waals surface area contributed by atoms with Crippen LogP contribution >= 0.6 is 0 Å². The summed E-state index contributed by atoms with van der Waals surface area (Å²) in [5, 5.41) is 11.9. The van der Waals surface area contributed by atoms with E-state index in [1.807, 2.05) is 19.9 Å². The summed E-state index contributed by atoms with van der Waals surface area (Å²) in [4.78, 5) is 24.0. The highest BCUT2D eigenvalue weighted by Gasteiger charge is 2.12. The van der Waals surface area contributed by atoms with Crippen LogP contribution in [0.5, 0.6) is 0 Å². The van der Waals surface area contributed by atoms with Crippen molar-refractivity contribution in [1.29, 1.82) is 5.26 Å². The maximum absolute atomic E-state index is 11.7. The van der Waals surface area contributed by atoms with Gasteiger partial charge in [-0.05, 0) is 32.0 Å². The first kappa shape index (κ1) is 14.7. The van der Waals surface area contributed by atoms with Crippen molar-refractivity contribution in [3.05, 3.63) is 29.3 Å². The highest BCUT2D eigenvalue weighted by molar-refractivity contribution is 5.83. The van der Waals surface area contributed by atoms with Crippen molar-refractivity contribution in [2.45, 2.75) is 19.9 Å². The lowest BCUT2D eigenvalue weighted by atomic mass is 10.1. The van der Waals surface area contributed by atoms with E-state index in [9.17, 15) is 9.59 Å². The molecule has 0 saturated carbocycles. The topological polar surface area (TPSA) is 73.2 Å². The van der Waals surface area contributed by atoms with E-state index in [1.54, 1.807) is 24.1 Å². The molecule has 1 aromatic rings. The minimum absolute atomic E-state index is 0.0776. The molecule has 0 heterocycles. The summed E-state index contributed by atoms with van der Waals surface area (Å²) in [5.41, 5.74) is 1.46. The summed E-state index contributed by atoms with van der Waals surface area (Å²) in [5.74, 6) is -0.110. The third-order valence-corrected chi connectivity index (χ3v) is 2.52. The standard InChI is InChI=1S/C14H17N3O2/c1-10(2)16-14(19)8-17(3)13-5-4-11(9-18)6-12(13)7-15/h4-6,9-10H,8H2,1-3H3,(H,16,19). The Hall–Kier alpha value is -2.35. The zero-order valence-corrected chi connectivity index (χ0v) is 11.3. The monoisotopic (exact) mass is 259 g/mol. The Morgan fingerprint density at radius 1 is 1.53 bits per heavy atom. The predicted octanol–water partition coefficient (Wildman–Crippen LogP) is 1.33. The molecule has 0 radical (unpaired) electrons. The molecule has 1 N–H and O–H groups in total. The van der Waals surface area contributed by atoms with E-state index in [4.69, 9.17) is 5.26 Å². The second kappa shape index (κ2) is 6.55. The molecule has 0 unspecified atom stereocenters. The predicted molar refractivity (Wildman–Crippen MR) is 73.1 cm³/mol. The lowest BCUT2D eigenvalue weighted by molar-refractivity contribution is -0.120. The molecule has 0 aromatic heterocycles. The normalized spacial score (nSPS) is 9.84. The Morgan fingerprint density at radius 2 is 2.21 bits per heavy atom. The van der Waals surface area contributed by atoms with Crippen LogP contribution in [-0.2, 0) is 4.79 Å². The molecule has 0 atom stereocenters. The van der Waals surface area contributed by atoms with E-state index in [-0.39, 0.29) is 18.5 Å². The lowest BCUT2D eigenvalue weighted by Gasteiger charge is -2.20. The van der Waals surface area contributed by atoms with Gasteiger partial charge in [-0.2, -0.15) is 5.26 Å². The van der Waals surface area contributed by atoms with E-state index in [0.29, 0.717) is 23.1 Å². The Labute approximate surface area is 112 Å². The highest BCUT2D eigenvalue weighted by atomic mass is 16.2. The molecule has 1 aromatic carbocycles. The lowest BCUT2D eigenvalue weighted by Crippen LogP contribution is -2.38. The number of anilines is 1. The van der Waals surface area contributed by atoms with Gasteiger partial charge in [0.15, 0.2) is 0 Å². The molecule has 5 heteroatoms. The number of amides is 1. The van der Waals surface area contributed by atoms with Crippen molar-refractivity contribution in [3.8, 4) is 6.07 Å². The number of hydrogen-bond acceptors (Lipinski definition) is 4. The first-order valence-corrected chi connectivity index (χ1v) is 5.97. The van der Waals surface area contributed by atoms with Gasteiger partial charge in [-0.25, -0.2) is 0 Å². The third kappa shape index (κ3) is 4.11. The summed E-state index contributed by atoms with van der Waals surface area (Å²) in [6.45, 7) is 3.93. The largest absolute Gasteiger partial charge is 0.364 e. The average Bonchev–Trinajstić information content (AvgIpc) is 2.36. The molecule has 1 amide bonds. The molecule has 0 aliphatic carbocycles. The van der Waals surface area contributed by atoms with Crippen LogP contribution in [0.4, 0.5) is 5.69 Å². The van der Waals surface area contributed by atoms with Crippen LogP contribution < -0.4 is 10.2 Å². The van der Waals surface area contributed by atoms with Gasteiger partial charge < -0.3 is 10.2 Å². The number of nitrogens with one attached hydrogen (secondary N) is 1. The molecular weight excluding hydrogens is 242 g/mol. The SMILES string of the molecule is CC(C)NC(=O)CN(C)c1ccc(C=O)cc1C#N. The van der Waals surface area contributed by atoms with Crippen LogP contribution in [0, 0.1) is 11.3 Å². The minimum Gasteiger partial charge on any atom is -0.364 e. The Balaban J connectivity index is 2.88. The number of rotatable bonds is 5. The first-order valence-electron chi connectivity index (χ1n) is 5.97. The number of nitrogens with zero attached hydrogens (tertiary/aromatic N) is 2. The number of hydrogen-bond donors (Lipinski definition) is 1. The molecule has 0 saturated heterocycles. The Morgan fingerprint density at radius 3 is 2.74 bits per heavy atom. The Kier molecular flexibility index (Phi) is 5.07. The van der Waals surface area contributed by atoms with E-state index in [2.05, 4.69) is 5.32 Å². The van der Waals surface area contributed by atoms with Crippen molar-refractivity contribution in [2.24, 2.45) is 0 Å². The van der Waals surface area contributed by atoms with Crippen LogP contribution in [0.15, 0.2) is 18.2 Å². The number of benzene rings is 1. The summed E-state index contributed by atoms with van der Waals surface area (Å²) in [6.07, 6.45) is 0.691. The molecule has 0 aliphatic heterocycles. The maximum Gasteiger partial charge on any atom is 0.239 e. The summed E-state index contributed by atoms with van der Waals surface area (Å²) >= 11 is 0. The molecule has 1 rings (SSSR count). The smallest absolute Gasteiger partial charge is 0.239 e. The average molecular weight is 259 g/mol. The first-order chi connectivity index (χ1) is 8.97. The van der Waals surface area contributed by atoms with Gasteiger partial charge in [0.05, 0.1) is 17.8 Å². The van der Waals surface area contributed by atoms with Crippen LogP contribution in [0.1, 0.15) is 29.8 Å². The molecule has 0 spiro atoms. The van der Waals surface area contributed by atoms with Crippen LogP contribution in [0.2, 0.25) is 0 Å². The highest BCUT2D eigenvalue weighted by Crippen LogP contribution is 2.19. The van der Waals surface area contributed by atoms with E-state index < -0.39 is 0 Å². The molecule has 5 nitrogen and oxygen atoms in total. The van der Waals surface area contributed by atoms with Crippen molar-refractivity contribution < 1.29 is 9.59 Å². The van der Waals surface area contributed by atoms with Crippen LogP contribution in [0.25, 0.3) is 0 Å². The van der Waals surface area contributed by atoms with E-state index >= 15 is 0 Å². The zero-order chi connectivity index (χ0) is 14.4. The van der Waals surface area contributed by atoms with Gasteiger partial charge >= 0.3 is 0 Å². The molecule has 0 fully saturated rings. The molecule has 0 bridgehead atoms. The number of nitriles is 1. The van der Waals surface area contributed by atoms with Crippen LogP contribution in [-0.4, -0.2) is 31.8 Å². The van der Waals surface area contributed by atoms with Gasteiger partial charge in [-0.3, -0.25) is 9.59 Å². The van der Waals surface area contributed by atoms with Crippen molar-refractivity contribution in [1.82, 2.24) is 5.32 Å². The molecule has 100 valence electrons. The molecule has 19 heavy (non-hydrogen) atoms. The fraction of sp³-hybridized carbons (Fsp3) is 0.357. The number of carbonyl (C=O) groups excluding carboxylic acids is 2. The van der Waals surface area contributed by atoms with Gasteiger partial charge in [-0.1, -0.05) is 0 Å². The molecular formula is C14H17N3O2. The quantitative estimate of drug-likeness (QED) is 0.810. The summed E-state index contributed by atoms with van der Waals surface area (Å²) in [7, 11) is 1.73. The summed E-state index contributed by atoms with van der Waals surface area (Å²) in [6, 6.07) is 6.92. The van der Waals surface area contributed by atoms with Gasteiger partial charge in [0.1, 0.15) is 12.4 Å². The van der Waals surface area contributed by atoms with Gasteiger partial charge in [0.25, 0.3) is 0 Å². The molecule has 0 aliphatic rings. The zero-order valence-electron chi connectivity index (χ0n) is 11.3. The third-order valence-electron chi connectivity index (χ3n) is 2.52. The van der Waals surface area contributed by atoms with E-state index in [0.717, 1.165) is 0 Å².